The number of carbonyl (C=O) groups is 1. The molecule has 2 aliphatic rings. The smallest absolute Gasteiger partial charge is 0.257 e. The molecule has 0 bridgehead atoms. The Labute approximate surface area is 168 Å². The number of aliphatic hydroxyl groups is 1. The summed E-state index contributed by atoms with van der Waals surface area (Å²) < 4.78 is 0. The number of likely N-dealkylation sites (N-methyl/N-ethyl adjacent to an activating group) is 1. The minimum atomic E-state index is 0.0288. The first-order valence-corrected chi connectivity index (χ1v) is 10.6. The molecule has 3 rings (SSSR count). The van der Waals surface area contributed by atoms with Crippen molar-refractivity contribution in [1.82, 2.24) is 24.7 Å². The van der Waals surface area contributed by atoms with E-state index in [4.69, 9.17) is 0 Å². The van der Waals surface area contributed by atoms with Crippen LogP contribution >= 0.6 is 0 Å². The lowest BCUT2D eigenvalue weighted by Gasteiger charge is -2.46. The summed E-state index contributed by atoms with van der Waals surface area (Å²) in [5.41, 5.74) is 0.573. The number of piperidine rings is 1. The number of carbonyl (C=O) groups excluding carboxylic acids is 1. The number of amides is 1. The van der Waals surface area contributed by atoms with Crippen molar-refractivity contribution in [3.63, 3.8) is 0 Å². The molecule has 0 spiro atoms. The molecule has 1 N–H and O–H groups in total. The van der Waals surface area contributed by atoms with Gasteiger partial charge in [0.25, 0.3) is 5.91 Å². The van der Waals surface area contributed by atoms with Gasteiger partial charge in [0.15, 0.2) is 0 Å². The molecule has 3 heterocycles. The van der Waals surface area contributed by atoms with Crippen LogP contribution in [0.3, 0.4) is 0 Å². The highest BCUT2D eigenvalue weighted by molar-refractivity contribution is 5.93. The van der Waals surface area contributed by atoms with Gasteiger partial charge in [-0.15, -0.1) is 0 Å². The van der Waals surface area contributed by atoms with Gasteiger partial charge in [0.05, 0.1) is 5.56 Å². The van der Waals surface area contributed by atoms with Gasteiger partial charge in [-0.05, 0) is 32.2 Å². The molecular formula is C21H35N5O2. The molecule has 2 atom stereocenters. The van der Waals surface area contributed by atoms with E-state index in [0.717, 1.165) is 64.4 Å². The van der Waals surface area contributed by atoms with E-state index in [1.807, 2.05) is 18.7 Å². The fraction of sp³-hybridized carbons (Fsp3) is 0.762. The Kier molecular flexibility index (Phi) is 7.37. The average molecular weight is 390 g/mol. The molecule has 2 fully saturated rings. The van der Waals surface area contributed by atoms with E-state index in [1.165, 1.54) is 0 Å². The van der Waals surface area contributed by atoms with Crippen LogP contribution in [0.15, 0.2) is 12.4 Å². The zero-order valence-corrected chi connectivity index (χ0v) is 17.5. The van der Waals surface area contributed by atoms with E-state index in [1.54, 1.807) is 12.4 Å². The zero-order chi connectivity index (χ0) is 20.1. The summed E-state index contributed by atoms with van der Waals surface area (Å²) in [4.78, 5) is 28.6. The first-order chi connectivity index (χ1) is 13.5. The number of aliphatic hydroxyl groups excluding tert-OH is 1. The molecule has 0 radical (unpaired) electrons. The van der Waals surface area contributed by atoms with Crippen molar-refractivity contribution in [2.45, 2.75) is 45.1 Å². The molecule has 0 unspecified atom stereocenters. The van der Waals surface area contributed by atoms with Crippen molar-refractivity contribution in [3.05, 3.63) is 23.8 Å². The Hall–Kier alpha value is -1.57. The molecule has 1 aromatic heterocycles. The second kappa shape index (κ2) is 9.76. The van der Waals surface area contributed by atoms with Gasteiger partial charge < -0.3 is 14.9 Å². The number of hydrogen-bond donors (Lipinski definition) is 1. The summed E-state index contributed by atoms with van der Waals surface area (Å²) in [5, 5.41) is 9.33. The van der Waals surface area contributed by atoms with Crippen LogP contribution < -0.4 is 0 Å². The number of hydrogen-bond acceptors (Lipinski definition) is 6. The fourth-order valence-electron chi connectivity index (χ4n) is 4.40. The topological polar surface area (TPSA) is 72.8 Å². The summed E-state index contributed by atoms with van der Waals surface area (Å²) in [5.74, 6) is 1.46. The first-order valence-electron chi connectivity index (χ1n) is 10.6. The molecule has 156 valence electrons. The van der Waals surface area contributed by atoms with E-state index in [2.05, 4.69) is 26.8 Å². The van der Waals surface area contributed by atoms with Gasteiger partial charge in [0, 0.05) is 70.2 Å². The predicted molar refractivity (Wildman–Crippen MR) is 109 cm³/mol. The van der Waals surface area contributed by atoms with Crippen LogP contribution in [-0.2, 0) is 0 Å². The van der Waals surface area contributed by atoms with Crippen LogP contribution in [0.1, 0.15) is 55.2 Å². The molecule has 0 saturated carbocycles. The second-order valence-electron chi connectivity index (χ2n) is 8.56. The molecule has 28 heavy (non-hydrogen) atoms. The number of nitrogens with zero attached hydrogens (tertiary/aromatic N) is 5. The van der Waals surface area contributed by atoms with Gasteiger partial charge in [-0.25, -0.2) is 9.97 Å². The number of aromatic nitrogens is 2. The van der Waals surface area contributed by atoms with Crippen molar-refractivity contribution in [2.75, 3.05) is 52.9 Å². The van der Waals surface area contributed by atoms with Crippen molar-refractivity contribution in [1.29, 1.82) is 0 Å². The Morgan fingerprint density at radius 1 is 1.18 bits per heavy atom. The van der Waals surface area contributed by atoms with Gasteiger partial charge >= 0.3 is 0 Å². The third-order valence-corrected chi connectivity index (χ3v) is 6.16. The Bertz CT molecular complexity index is 628. The highest BCUT2D eigenvalue weighted by Gasteiger charge is 2.35. The Morgan fingerprint density at radius 3 is 2.46 bits per heavy atom. The third kappa shape index (κ3) is 5.07. The maximum Gasteiger partial charge on any atom is 0.257 e. The van der Waals surface area contributed by atoms with E-state index in [0.29, 0.717) is 17.5 Å². The molecule has 2 saturated heterocycles. The van der Waals surface area contributed by atoms with E-state index in [-0.39, 0.29) is 18.4 Å². The van der Waals surface area contributed by atoms with Crippen LogP contribution in [0.2, 0.25) is 0 Å². The van der Waals surface area contributed by atoms with Gasteiger partial charge in [0.2, 0.25) is 0 Å². The Morgan fingerprint density at radius 2 is 1.86 bits per heavy atom. The summed E-state index contributed by atoms with van der Waals surface area (Å²) in [7, 11) is 2.18. The molecule has 1 aromatic rings. The summed E-state index contributed by atoms with van der Waals surface area (Å²) in [6.07, 6.45) is 6.08. The SMILES string of the molecule is CC(C)c1ncc(C(=O)N2CC[C@@H](N3CCN(C)CC3)[C@@H](CCCO)C2)cn1. The molecule has 7 nitrogen and oxygen atoms in total. The lowest BCUT2D eigenvalue weighted by molar-refractivity contribution is 0.0217. The normalized spacial score (nSPS) is 24.7. The Balaban J connectivity index is 1.66. The van der Waals surface area contributed by atoms with Gasteiger partial charge in [0.1, 0.15) is 5.82 Å². The highest BCUT2D eigenvalue weighted by Crippen LogP contribution is 2.28. The minimum Gasteiger partial charge on any atom is -0.396 e. The molecule has 0 aliphatic carbocycles. The zero-order valence-electron chi connectivity index (χ0n) is 17.5. The van der Waals surface area contributed by atoms with Gasteiger partial charge in [-0.3, -0.25) is 9.69 Å². The predicted octanol–water partition coefficient (Wildman–Crippen LogP) is 1.45. The first kappa shape index (κ1) is 21.1. The van der Waals surface area contributed by atoms with Crippen molar-refractivity contribution < 1.29 is 9.90 Å². The lowest BCUT2D eigenvalue weighted by Crippen LogP contribution is -2.56. The summed E-state index contributed by atoms with van der Waals surface area (Å²) in [6, 6.07) is 0.504. The van der Waals surface area contributed by atoms with Crippen LogP contribution in [-0.4, -0.2) is 94.6 Å². The molecule has 7 heteroatoms. The van der Waals surface area contributed by atoms with Crippen LogP contribution in [0.5, 0.6) is 0 Å². The minimum absolute atomic E-state index is 0.0288. The van der Waals surface area contributed by atoms with E-state index >= 15 is 0 Å². The highest BCUT2D eigenvalue weighted by atomic mass is 16.3. The number of piperazine rings is 1. The van der Waals surface area contributed by atoms with Crippen molar-refractivity contribution in [3.8, 4) is 0 Å². The standard InChI is InChI=1S/C21H35N5O2/c1-16(2)20-22-13-18(14-23-20)21(28)26-7-6-19(17(15-26)5-4-12-27)25-10-8-24(3)9-11-25/h13-14,16-17,19,27H,4-12,15H2,1-3H3/t17-,19+/m0/s1. The fourth-order valence-corrected chi connectivity index (χ4v) is 4.40. The molecule has 1 amide bonds. The monoisotopic (exact) mass is 389 g/mol. The van der Waals surface area contributed by atoms with Gasteiger partial charge in [-0.1, -0.05) is 13.8 Å². The van der Waals surface area contributed by atoms with Crippen LogP contribution in [0.4, 0.5) is 0 Å². The lowest BCUT2D eigenvalue weighted by atomic mass is 9.86. The summed E-state index contributed by atoms with van der Waals surface area (Å²) >= 11 is 0. The van der Waals surface area contributed by atoms with Crippen molar-refractivity contribution >= 4 is 5.91 Å². The number of likely N-dealkylation sites (tertiary alicyclic amines) is 1. The van der Waals surface area contributed by atoms with Gasteiger partial charge in [-0.2, -0.15) is 0 Å². The largest absolute Gasteiger partial charge is 0.396 e. The quantitative estimate of drug-likeness (QED) is 0.794. The third-order valence-electron chi connectivity index (χ3n) is 6.16. The summed E-state index contributed by atoms with van der Waals surface area (Å²) in [6.45, 7) is 10.2. The van der Waals surface area contributed by atoms with E-state index < -0.39 is 0 Å². The number of rotatable bonds is 6. The molecule has 2 aliphatic heterocycles. The van der Waals surface area contributed by atoms with Crippen LogP contribution in [0, 0.1) is 5.92 Å². The maximum absolute atomic E-state index is 13.0. The molecule has 0 aromatic carbocycles. The van der Waals surface area contributed by atoms with Crippen molar-refractivity contribution in [2.24, 2.45) is 5.92 Å². The average Bonchev–Trinajstić information content (AvgIpc) is 2.72. The maximum atomic E-state index is 13.0. The second-order valence-corrected chi connectivity index (χ2v) is 8.56. The van der Waals surface area contributed by atoms with E-state index in [9.17, 15) is 9.90 Å². The van der Waals surface area contributed by atoms with Crippen LogP contribution in [0.25, 0.3) is 0 Å². The molecular weight excluding hydrogens is 354 g/mol.